The van der Waals surface area contributed by atoms with Gasteiger partial charge < -0.3 is 20.6 Å². The summed E-state index contributed by atoms with van der Waals surface area (Å²) < 4.78 is 0. The van der Waals surface area contributed by atoms with E-state index in [4.69, 9.17) is 0 Å². The zero-order valence-corrected chi connectivity index (χ0v) is 30.0. The lowest BCUT2D eigenvalue weighted by Gasteiger charge is -2.21. The number of rotatable bonds is 35. The summed E-state index contributed by atoms with van der Waals surface area (Å²) in [7, 11) is 0. The molecule has 0 heterocycles. The van der Waals surface area contributed by atoms with Crippen LogP contribution < -0.4 is 5.32 Å². The van der Waals surface area contributed by atoms with Crippen LogP contribution in [0.1, 0.15) is 200 Å². The highest BCUT2D eigenvalue weighted by atomic mass is 16.3. The van der Waals surface area contributed by atoms with Gasteiger partial charge in [-0.3, -0.25) is 4.79 Å². The van der Waals surface area contributed by atoms with Crippen LogP contribution in [0.3, 0.4) is 0 Å². The largest absolute Gasteiger partial charge is 0.394 e. The van der Waals surface area contributed by atoms with E-state index in [9.17, 15) is 20.1 Å². The predicted octanol–water partition coefficient (Wildman–Crippen LogP) is 10.7. The highest BCUT2D eigenvalue weighted by Crippen LogP contribution is 2.14. The van der Waals surface area contributed by atoms with Gasteiger partial charge in [0.25, 0.3) is 0 Å². The molecule has 4 N–H and O–H groups in total. The van der Waals surface area contributed by atoms with Crippen LogP contribution in [0.2, 0.25) is 0 Å². The molecule has 0 aliphatic rings. The molecule has 0 aromatic rings. The van der Waals surface area contributed by atoms with E-state index in [1.165, 1.54) is 135 Å². The van der Waals surface area contributed by atoms with Crippen molar-refractivity contribution in [2.24, 2.45) is 0 Å². The minimum Gasteiger partial charge on any atom is -0.394 e. The molecule has 1 amide bonds. The number of carbonyl (C=O) groups is 1. The average Bonchev–Trinajstić information content (AvgIpc) is 3.03. The van der Waals surface area contributed by atoms with E-state index >= 15 is 0 Å². The Morgan fingerprint density at radius 2 is 0.933 bits per heavy atom. The second kappa shape index (κ2) is 35.7. The van der Waals surface area contributed by atoms with Crippen LogP contribution >= 0.6 is 0 Å². The van der Waals surface area contributed by atoms with Gasteiger partial charge >= 0.3 is 0 Å². The normalized spacial score (nSPS) is 14.0. The summed E-state index contributed by atoms with van der Waals surface area (Å²) in [6.07, 6.45) is 41.6. The number of aliphatic hydroxyl groups is 3. The molecular formula is C40H77NO4. The Labute approximate surface area is 280 Å². The quantitative estimate of drug-likeness (QED) is 0.0412. The van der Waals surface area contributed by atoms with Crippen molar-refractivity contribution in [3.63, 3.8) is 0 Å². The fourth-order valence-corrected chi connectivity index (χ4v) is 5.92. The van der Waals surface area contributed by atoms with Crippen molar-refractivity contribution in [3.8, 4) is 0 Å². The van der Waals surface area contributed by atoms with Crippen LogP contribution in [-0.4, -0.2) is 46.1 Å². The minimum atomic E-state index is -0.929. The fourth-order valence-electron chi connectivity index (χ4n) is 5.92. The maximum Gasteiger partial charge on any atom is 0.222 e. The molecule has 3 unspecified atom stereocenters. The van der Waals surface area contributed by atoms with E-state index in [1.807, 2.05) is 6.08 Å². The van der Waals surface area contributed by atoms with Crippen molar-refractivity contribution in [2.75, 3.05) is 6.61 Å². The number of unbranched alkanes of at least 4 members (excludes halogenated alkanes) is 24. The summed E-state index contributed by atoms with van der Waals surface area (Å²) >= 11 is 0. The molecule has 0 aliphatic carbocycles. The first kappa shape index (κ1) is 43.8. The highest BCUT2D eigenvalue weighted by molar-refractivity contribution is 5.76. The van der Waals surface area contributed by atoms with Crippen LogP contribution in [0.5, 0.6) is 0 Å². The van der Waals surface area contributed by atoms with E-state index in [-0.39, 0.29) is 18.9 Å². The Kier molecular flexibility index (Phi) is 34.8. The number of aliphatic hydroxyl groups excluding tert-OH is 3. The maximum absolute atomic E-state index is 12.4. The number of nitrogens with one attached hydrogen (secondary N) is 1. The van der Waals surface area contributed by atoms with Crippen molar-refractivity contribution in [1.29, 1.82) is 0 Å². The average molecular weight is 636 g/mol. The first-order chi connectivity index (χ1) is 22.0. The van der Waals surface area contributed by atoms with Gasteiger partial charge in [-0.05, 0) is 44.9 Å². The molecule has 0 saturated carbocycles. The third-order valence-corrected chi connectivity index (χ3v) is 8.98. The van der Waals surface area contributed by atoms with Crippen LogP contribution in [0.4, 0.5) is 0 Å². The van der Waals surface area contributed by atoms with Gasteiger partial charge in [-0.25, -0.2) is 0 Å². The van der Waals surface area contributed by atoms with E-state index in [0.29, 0.717) is 6.42 Å². The van der Waals surface area contributed by atoms with Gasteiger partial charge in [0.2, 0.25) is 5.91 Å². The molecule has 5 nitrogen and oxygen atoms in total. The van der Waals surface area contributed by atoms with Crippen molar-refractivity contribution >= 4 is 5.91 Å². The van der Waals surface area contributed by atoms with E-state index in [2.05, 4.69) is 31.3 Å². The van der Waals surface area contributed by atoms with Gasteiger partial charge in [0.15, 0.2) is 0 Å². The molecular weight excluding hydrogens is 558 g/mol. The van der Waals surface area contributed by atoms with Gasteiger partial charge in [0, 0.05) is 0 Å². The van der Waals surface area contributed by atoms with Crippen molar-refractivity contribution < 1.29 is 20.1 Å². The SMILES string of the molecule is CCCCCCCCCCC/C=C\CCCCCC(O)CC(=O)NC(CO)C(O)/C=C/CCCCCCCCCCCCCC. The number of hydrogen-bond donors (Lipinski definition) is 4. The minimum absolute atomic E-state index is 0.00440. The lowest BCUT2D eigenvalue weighted by atomic mass is 10.0. The van der Waals surface area contributed by atoms with Crippen molar-refractivity contribution in [2.45, 2.75) is 218 Å². The Balaban J connectivity index is 3.73. The molecule has 266 valence electrons. The van der Waals surface area contributed by atoms with E-state index in [0.717, 1.165) is 38.5 Å². The van der Waals surface area contributed by atoms with Crippen molar-refractivity contribution in [1.82, 2.24) is 5.32 Å². The van der Waals surface area contributed by atoms with E-state index < -0.39 is 18.2 Å². The predicted molar refractivity (Wildman–Crippen MR) is 195 cm³/mol. The Morgan fingerprint density at radius 3 is 1.36 bits per heavy atom. The number of allylic oxidation sites excluding steroid dienone is 3. The molecule has 45 heavy (non-hydrogen) atoms. The molecule has 0 aromatic carbocycles. The maximum atomic E-state index is 12.4. The molecule has 3 atom stereocenters. The zero-order valence-electron chi connectivity index (χ0n) is 30.0. The third kappa shape index (κ3) is 32.6. The Bertz CT molecular complexity index is 665. The summed E-state index contributed by atoms with van der Waals surface area (Å²) in [6.45, 7) is 4.20. The first-order valence-corrected chi connectivity index (χ1v) is 19.6. The number of carbonyl (C=O) groups excluding carboxylic acids is 1. The van der Waals surface area contributed by atoms with Crippen LogP contribution in [0.25, 0.3) is 0 Å². The fraction of sp³-hybridized carbons (Fsp3) is 0.875. The van der Waals surface area contributed by atoms with Crippen LogP contribution in [0, 0.1) is 0 Å². The smallest absolute Gasteiger partial charge is 0.222 e. The molecule has 0 radical (unpaired) electrons. The second-order valence-corrected chi connectivity index (χ2v) is 13.5. The molecule has 5 heteroatoms. The second-order valence-electron chi connectivity index (χ2n) is 13.5. The van der Waals surface area contributed by atoms with Gasteiger partial charge in [0.1, 0.15) is 0 Å². The zero-order chi connectivity index (χ0) is 33.1. The molecule has 0 rings (SSSR count). The lowest BCUT2D eigenvalue weighted by Crippen LogP contribution is -2.45. The lowest BCUT2D eigenvalue weighted by molar-refractivity contribution is -0.124. The Morgan fingerprint density at radius 1 is 0.556 bits per heavy atom. The van der Waals surface area contributed by atoms with Gasteiger partial charge in [0.05, 0.1) is 31.3 Å². The summed E-state index contributed by atoms with van der Waals surface area (Å²) in [5.74, 6) is -0.325. The van der Waals surface area contributed by atoms with Gasteiger partial charge in [-0.1, -0.05) is 173 Å². The number of amides is 1. The first-order valence-electron chi connectivity index (χ1n) is 19.6. The number of hydrogen-bond acceptors (Lipinski definition) is 4. The van der Waals surface area contributed by atoms with E-state index in [1.54, 1.807) is 6.08 Å². The molecule has 0 bridgehead atoms. The Hall–Kier alpha value is -1.17. The molecule has 0 aliphatic heterocycles. The summed E-state index contributed by atoms with van der Waals surface area (Å²) in [5.41, 5.74) is 0. The van der Waals surface area contributed by atoms with Gasteiger partial charge in [-0.2, -0.15) is 0 Å². The molecule has 0 fully saturated rings. The molecule has 0 spiro atoms. The monoisotopic (exact) mass is 636 g/mol. The molecule has 0 aromatic heterocycles. The standard InChI is InChI=1S/C40H77NO4/c1-3-5-7-9-11-13-15-17-19-20-21-23-25-27-29-31-33-37(43)35-40(45)41-38(36-42)39(44)34-32-30-28-26-24-22-18-16-14-12-10-8-6-4-2/h21,23,32,34,37-39,42-44H,3-20,22,24-31,33,35-36H2,1-2H3,(H,41,45)/b23-21-,34-32+. The highest BCUT2D eigenvalue weighted by Gasteiger charge is 2.20. The topological polar surface area (TPSA) is 89.8 Å². The summed E-state index contributed by atoms with van der Waals surface area (Å²) in [5, 5.41) is 33.1. The summed E-state index contributed by atoms with van der Waals surface area (Å²) in [6, 6.07) is -0.745. The summed E-state index contributed by atoms with van der Waals surface area (Å²) in [4.78, 5) is 12.4. The van der Waals surface area contributed by atoms with Crippen LogP contribution in [0.15, 0.2) is 24.3 Å². The molecule has 0 saturated heterocycles. The van der Waals surface area contributed by atoms with Crippen molar-refractivity contribution in [3.05, 3.63) is 24.3 Å². The van der Waals surface area contributed by atoms with Crippen LogP contribution in [-0.2, 0) is 4.79 Å². The third-order valence-electron chi connectivity index (χ3n) is 8.98. The van der Waals surface area contributed by atoms with Gasteiger partial charge in [-0.15, -0.1) is 0 Å².